The first-order chi connectivity index (χ1) is 20.3. The maximum atomic E-state index is 13.4. The fourth-order valence-electron chi connectivity index (χ4n) is 4.16. The van der Waals surface area contributed by atoms with Crippen molar-refractivity contribution in [3.8, 4) is 29.1 Å². The molecular weight excluding hydrogens is 540 g/mol. The van der Waals surface area contributed by atoms with Gasteiger partial charge in [-0.25, -0.2) is 0 Å². The third-order valence-electron chi connectivity index (χ3n) is 6.79. The normalized spacial score (nSPS) is 17.6. The monoisotopic (exact) mass is 570 g/mol. The van der Waals surface area contributed by atoms with Crippen molar-refractivity contribution in [2.45, 2.75) is 24.6 Å². The topological polar surface area (TPSA) is 128 Å². The quantitative estimate of drug-likeness (QED) is 0.325. The summed E-state index contributed by atoms with van der Waals surface area (Å²) < 4.78 is 22.6. The number of esters is 1. The number of carbonyl (C=O) groups is 3. The van der Waals surface area contributed by atoms with Gasteiger partial charge in [0.25, 0.3) is 11.8 Å². The van der Waals surface area contributed by atoms with E-state index in [1.165, 1.54) is 17.2 Å². The lowest BCUT2D eigenvalue weighted by molar-refractivity contribution is -0.193. The van der Waals surface area contributed by atoms with Crippen LogP contribution in [0.15, 0.2) is 66.9 Å². The van der Waals surface area contributed by atoms with Gasteiger partial charge in [0.2, 0.25) is 5.60 Å². The highest BCUT2D eigenvalue weighted by atomic mass is 16.6. The van der Waals surface area contributed by atoms with Crippen molar-refractivity contribution in [1.82, 2.24) is 15.6 Å². The second-order valence-corrected chi connectivity index (χ2v) is 9.88. The average molecular weight is 571 g/mol. The number of nitrogens with zero attached hydrogens (tertiary/aromatic N) is 2. The number of rotatable bonds is 7. The van der Waals surface area contributed by atoms with Gasteiger partial charge in [-0.15, -0.1) is 0 Å². The van der Waals surface area contributed by atoms with Crippen LogP contribution in [0.1, 0.15) is 23.0 Å². The maximum absolute atomic E-state index is 13.4. The molecule has 42 heavy (non-hydrogen) atoms. The van der Waals surface area contributed by atoms with Crippen LogP contribution in [0.25, 0.3) is 0 Å². The predicted octanol–water partition coefficient (Wildman–Crippen LogP) is 2.30. The highest BCUT2D eigenvalue weighted by Crippen LogP contribution is 2.32. The minimum Gasteiger partial charge on any atom is -0.489 e. The molecule has 2 N–H and O–H groups in total. The van der Waals surface area contributed by atoms with Gasteiger partial charge in [-0.2, -0.15) is 0 Å². The molecule has 3 aromatic rings. The molecule has 0 aliphatic carbocycles. The van der Waals surface area contributed by atoms with Crippen LogP contribution in [-0.4, -0.2) is 74.4 Å². The molecule has 2 aliphatic rings. The van der Waals surface area contributed by atoms with Crippen LogP contribution in [0.2, 0.25) is 0 Å². The van der Waals surface area contributed by atoms with Gasteiger partial charge in [0.15, 0.2) is 0 Å². The summed E-state index contributed by atoms with van der Waals surface area (Å²) >= 11 is 0. The summed E-state index contributed by atoms with van der Waals surface area (Å²) in [5, 5.41) is 5.56. The Balaban J connectivity index is 1.27. The van der Waals surface area contributed by atoms with Crippen LogP contribution >= 0.6 is 0 Å². The molecule has 2 amide bonds. The van der Waals surface area contributed by atoms with E-state index in [4.69, 9.17) is 18.9 Å². The van der Waals surface area contributed by atoms with E-state index in [9.17, 15) is 14.4 Å². The van der Waals surface area contributed by atoms with E-state index in [0.717, 1.165) is 0 Å². The Morgan fingerprint density at radius 2 is 1.90 bits per heavy atom. The summed E-state index contributed by atoms with van der Waals surface area (Å²) in [5.41, 5.74) is 0.138. The molecule has 1 fully saturated rings. The lowest BCUT2D eigenvalue weighted by Gasteiger charge is -2.36. The van der Waals surface area contributed by atoms with E-state index in [-0.39, 0.29) is 31.4 Å². The molecule has 1 aromatic heterocycles. The molecule has 2 atom stereocenters. The molecule has 216 valence electrons. The molecule has 3 heterocycles. The number of ether oxygens (including phenoxy) is 4. The van der Waals surface area contributed by atoms with Gasteiger partial charge in [-0.3, -0.25) is 19.4 Å². The third-order valence-corrected chi connectivity index (χ3v) is 6.79. The Bertz CT molecular complexity index is 1550. The third kappa shape index (κ3) is 6.35. The molecule has 0 saturated carbocycles. The van der Waals surface area contributed by atoms with Crippen LogP contribution in [0.3, 0.4) is 0 Å². The fourth-order valence-corrected chi connectivity index (χ4v) is 4.16. The van der Waals surface area contributed by atoms with Gasteiger partial charge in [0.05, 0.1) is 5.69 Å². The highest BCUT2D eigenvalue weighted by Gasteiger charge is 2.42. The summed E-state index contributed by atoms with van der Waals surface area (Å²) in [6.07, 6.45) is 1.46. The second-order valence-electron chi connectivity index (χ2n) is 9.88. The van der Waals surface area contributed by atoms with E-state index >= 15 is 0 Å². The zero-order valence-corrected chi connectivity index (χ0v) is 23.4. The van der Waals surface area contributed by atoms with Gasteiger partial charge < -0.3 is 34.5 Å². The van der Waals surface area contributed by atoms with Crippen molar-refractivity contribution >= 4 is 23.5 Å². The Morgan fingerprint density at radius 3 is 2.62 bits per heavy atom. The summed E-state index contributed by atoms with van der Waals surface area (Å²) in [4.78, 5) is 44.2. The van der Waals surface area contributed by atoms with Crippen molar-refractivity contribution in [3.05, 3.63) is 78.1 Å². The number of likely N-dealkylation sites (N-methyl/N-ethyl adjacent to an activating group) is 2. The number of para-hydroxylation sites is 1. The highest BCUT2D eigenvalue weighted by molar-refractivity contribution is 6.03. The van der Waals surface area contributed by atoms with Crippen LogP contribution in [0.4, 0.5) is 5.69 Å². The Kier molecular flexibility index (Phi) is 8.38. The van der Waals surface area contributed by atoms with Gasteiger partial charge in [-0.1, -0.05) is 24.1 Å². The van der Waals surface area contributed by atoms with Crippen LogP contribution in [0, 0.1) is 11.8 Å². The fraction of sp³-hybridized carbons (Fsp3) is 0.290. The summed E-state index contributed by atoms with van der Waals surface area (Å²) in [6.45, 7) is 1.97. The number of hydrogen-bond acceptors (Lipinski definition) is 9. The predicted molar refractivity (Wildman–Crippen MR) is 152 cm³/mol. The van der Waals surface area contributed by atoms with E-state index in [1.54, 1.807) is 57.4 Å². The molecule has 11 heteroatoms. The van der Waals surface area contributed by atoms with Gasteiger partial charge in [0, 0.05) is 24.9 Å². The van der Waals surface area contributed by atoms with Crippen LogP contribution in [0.5, 0.6) is 17.2 Å². The molecule has 0 bridgehead atoms. The number of carbonyl (C=O) groups excluding carboxylic acids is 3. The van der Waals surface area contributed by atoms with Gasteiger partial charge >= 0.3 is 5.97 Å². The minimum absolute atomic E-state index is 0.0762. The van der Waals surface area contributed by atoms with E-state index in [2.05, 4.69) is 27.5 Å². The van der Waals surface area contributed by atoms with Gasteiger partial charge in [-0.05, 0) is 56.3 Å². The Morgan fingerprint density at radius 1 is 1.12 bits per heavy atom. The van der Waals surface area contributed by atoms with E-state index in [0.29, 0.717) is 28.5 Å². The molecule has 0 spiro atoms. The molecule has 1 saturated heterocycles. The van der Waals surface area contributed by atoms with Crippen molar-refractivity contribution in [2.24, 2.45) is 0 Å². The molecule has 5 rings (SSSR count). The number of aromatic nitrogens is 1. The van der Waals surface area contributed by atoms with Crippen molar-refractivity contribution < 1.29 is 33.3 Å². The largest absolute Gasteiger partial charge is 0.489 e. The van der Waals surface area contributed by atoms with Crippen LogP contribution in [-0.2, 0) is 19.1 Å². The number of hydrogen-bond donors (Lipinski definition) is 2. The molecule has 0 radical (unpaired) electrons. The van der Waals surface area contributed by atoms with E-state index in [1.807, 2.05) is 18.2 Å². The molecule has 2 aromatic carbocycles. The molecule has 11 nitrogen and oxygen atoms in total. The smallest absolute Gasteiger partial charge is 0.324 e. The lowest BCUT2D eigenvalue weighted by Crippen LogP contribution is -2.54. The zero-order chi connectivity index (χ0) is 29.7. The van der Waals surface area contributed by atoms with E-state index < -0.39 is 29.6 Å². The van der Waals surface area contributed by atoms with Crippen molar-refractivity contribution in [3.63, 3.8) is 0 Å². The number of pyridine rings is 1. The first-order valence-corrected chi connectivity index (χ1v) is 13.3. The summed E-state index contributed by atoms with van der Waals surface area (Å²) in [7, 11) is 3.27. The maximum Gasteiger partial charge on any atom is 0.324 e. The SMILES string of the molecule is CN[C@@H](C)C(=O)OC1(C#Cc2ccc3c(c2)N(C)C(=O)[C@@H](NC(=O)c2cc(Oc4ccccc4)ccn2)CO3)COC1. The average Bonchev–Trinajstić information content (AvgIpc) is 3.10. The first kappa shape index (κ1) is 28.6. The molecular formula is C31H30N4O7. The summed E-state index contributed by atoms with van der Waals surface area (Å²) in [6, 6.07) is 16.0. The molecule has 0 unspecified atom stereocenters. The lowest BCUT2D eigenvalue weighted by atomic mass is 10.0. The second kappa shape index (κ2) is 12.3. The first-order valence-electron chi connectivity index (χ1n) is 13.3. The Labute approximate surface area is 243 Å². The standard InChI is InChI=1S/C31H30N4O7/c1-20(32-2)30(38)42-31(18-39-19-31)13-11-21-9-10-27-26(15-21)35(3)29(37)25(17-40-27)34-28(36)24-16-23(12-14-33-24)41-22-7-5-4-6-8-22/h4-10,12,14-16,20,25,32H,17-19H2,1-3H3,(H,34,36)/t20-,25-/m0/s1. The number of anilines is 1. The Hall–Kier alpha value is -4.92. The number of benzene rings is 2. The minimum atomic E-state index is -1.03. The number of fused-ring (bicyclic) bond motifs is 1. The number of nitrogens with one attached hydrogen (secondary N) is 2. The van der Waals surface area contributed by atoms with Crippen LogP contribution < -0.4 is 25.0 Å². The number of amides is 2. The zero-order valence-electron chi connectivity index (χ0n) is 23.4. The molecule has 2 aliphatic heterocycles. The van der Waals surface area contributed by atoms with Crippen molar-refractivity contribution in [1.29, 1.82) is 0 Å². The summed E-state index contributed by atoms with van der Waals surface area (Å²) in [5.74, 6) is 6.22. The van der Waals surface area contributed by atoms with Gasteiger partial charge in [0.1, 0.15) is 54.8 Å². The van der Waals surface area contributed by atoms with Crippen molar-refractivity contribution in [2.75, 3.05) is 38.8 Å².